The zero-order valence-corrected chi connectivity index (χ0v) is 59.2. The van der Waals surface area contributed by atoms with E-state index in [1.165, 1.54) is 28.0 Å². The van der Waals surface area contributed by atoms with Crippen LogP contribution in [-0.2, 0) is 10.1 Å². The van der Waals surface area contributed by atoms with E-state index >= 15 is 0 Å². The van der Waals surface area contributed by atoms with E-state index in [-0.39, 0.29) is 5.39 Å². The van der Waals surface area contributed by atoms with Crippen LogP contribution >= 0.6 is 0 Å². The Labute approximate surface area is 636 Å². The van der Waals surface area contributed by atoms with Crippen LogP contribution in [0, 0.1) is 0 Å². The largest absolute Gasteiger partial charge is 0.488 e. The van der Waals surface area contributed by atoms with Crippen molar-refractivity contribution in [2.75, 3.05) is 0 Å². The Hall–Kier alpha value is -13.4. The van der Waals surface area contributed by atoms with Crippen molar-refractivity contribution >= 4 is 44.2 Å². The molecule has 4 aromatic heterocycles. The summed E-state index contributed by atoms with van der Waals surface area (Å²) in [7, 11) is -8.51. The molecule has 0 amide bonds. The smallest absolute Gasteiger partial charge is 0.423 e. The van der Waals surface area contributed by atoms with E-state index in [0.29, 0.717) is 62.5 Å². The summed E-state index contributed by atoms with van der Waals surface area (Å²) >= 11 is 0. The second-order valence-corrected chi connectivity index (χ2v) is 27.0. The Balaban J connectivity index is 0.000000157. The quantitative estimate of drug-likeness (QED) is 0.0499. The molecule has 12 aromatic carbocycles. The van der Waals surface area contributed by atoms with E-state index in [1.54, 1.807) is 54.7 Å². The fraction of sp³-hybridized carbons (Fsp3) is 0.0455. The number of hydrogen-bond donors (Lipinski definition) is 2. The van der Waals surface area contributed by atoms with Gasteiger partial charge in [-0.3, -0.25) is 9.97 Å². The Morgan fingerprint density at radius 2 is 0.554 bits per heavy atom. The molecule has 0 aliphatic heterocycles. The number of fused-ring (bicyclic) bond motifs is 2. The van der Waals surface area contributed by atoms with Gasteiger partial charge in [0, 0.05) is 56.9 Å². The summed E-state index contributed by atoms with van der Waals surface area (Å²) in [5.41, 5.74) is 15.2. The Kier molecular flexibility index (Phi) is 21.6. The van der Waals surface area contributed by atoms with Gasteiger partial charge < -0.3 is 14.2 Å². The number of alkyl halides is 9. The molecular formula is C88H58BF9N8O5S. The number of rotatable bonds is 17. The molecule has 0 atom stereocenters. The summed E-state index contributed by atoms with van der Waals surface area (Å²) in [5.74, 6) is -12.7. The topological polar surface area (TPSA) is 187 Å². The number of hydrogen-bond acceptors (Lipinski definition) is 13. The third-order valence-corrected chi connectivity index (χ3v) is 19.3. The van der Waals surface area contributed by atoms with Gasteiger partial charge in [-0.25, -0.2) is 29.9 Å². The van der Waals surface area contributed by atoms with Gasteiger partial charge in [-0.15, -0.1) is 0 Å². The van der Waals surface area contributed by atoms with Crippen molar-refractivity contribution in [1.82, 2.24) is 39.9 Å². The standard InChI is InChI=1S/C42H28N4.C35H20F9N3O3S.C11H10BNO2/c1-3-9-33(10-4-1)40-44-41(34-11-5-2-6-12-34)46-42(45-40)35-22-16-30(17-23-35)37-25-19-31-18-24-36(27-38(31)28-37)29-14-20-32(21-15-29)39-13-7-8-26-43-39;36-32(37,34(40,41)42)33(38,39)35(43,44)51(48,49)50-28-18-17-22-13-16-26(19-27(22)20-28)21-11-14-25(15-12-21)31-46-29(23-7-3-1-4-8-23)45-30(47-31)24-9-5-2-6-10-24;14-12(15)10-6-4-9(5-7-10)11-3-1-2-8-13-11/h1-28H;1-20H;1-8,14-15H. The molecule has 0 aliphatic rings. The maximum absolute atomic E-state index is 14.2. The molecule has 13 nitrogen and oxygen atoms in total. The normalized spacial score (nSPS) is 11.8. The number of pyridine rings is 2. The van der Waals surface area contributed by atoms with Gasteiger partial charge in [0.25, 0.3) is 0 Å². The lowest BCUT2D eigenvalue weighted by molar-refractivity contribution is -0.382. The van der Waals surface area contributed by atoms with Crippen LogP contribution in [0.2, 0.25) is 0 Å². The van der Waals surface area contributed by atoms with Gasteiger partial charge in [-0.2, -0.15) is 47.9 Å². The first-order valence-corrected chi connectivity index (χ1v) is 35.9. The van der Waals surface area contributed by atoms with E-state index < -0.39 is 46.3 Å². The van der Waals surface area contributed by atoms with Crippen molar-refractivity contribution in [3.05, 3.63) is 340 Å². The highest BCUT2D eigenvalue weighted by Gasteiger charge is 2.86. The first kappa shape index (κ1) is 75.4. The lowest BCUT2D eigenvalue weighted by atomic mass is 9.80. The number of benzene rings is 12. The maximum Gasteiger partial charge on any atom is 0.488 e. The number of aromatic nitrogens is 8. The van der Waals surface area contributed by atoms with Gasteiger partial charge in [-0.05, 0) is 115 Å². The lowest BCUT2D eigenvalue weighted by Crippen LogP contribution is -2.63. The molecule has 0 aliphatic carbocycles. The van der Waals surface area contributed by atoms with Crippen LogP contribution in [0.4, 0.5) is 39.5 Å². The Bertz CT molecular complexity index is 5970. The molecule has 16 rings (SSSR count). The van der Waals surface area contributed by atoms with Gasteiger partial charge in [-0.1, -0.05) is 273 Å². The van der Waals surface area contributed by atoms with E-state index in [2.05, 4.69) is 114 Å². The van der Waals surface area contributed by atoms with Crippen molar-refractivity contribution in [3.8, 4) is 130 Å². The molecule has 0 bridgehead atoms. The SMILES string of the molecule is O=S(=O)(Oc1ccc2ccc(-c3ccc(-c4nc(-c5ccccc5)nc(-c5ccccc5)n4)cc3)cc2c1)C(F)(F)C(F)(F)C(F)(F)C(F)(F)F.OB(O)c1ccc(-c2ccccn2)cc1.c1ccc(-c2nc(-c3ccccc3)nc(-c3ccc(-c4ccc5ccc(-c6ccc(-c7ccccn7)cc6)cc5c4)cc3)n2)cc1. The summed E-state index contributed by atoms with van der Waals surface area (Å²) in [6.07, 6.45) is -3.65. The van der Waals surface area contributed by atoms with Crippen molar-refractivity contribution in [2.45, 2.75) is 23.3 Å². The molecule has 0 radical (unpaired) electrons. The van der Waals surface area contributed by atoms with Crippen molar-refractivity contribution in [1.29, 1.82) is 0 Å². The highest BCUT2D eigenvalue weighted by atomic mass is 32.2. The zero-order valence-electron chi connectivity index (χ0n) is 58.4. The zero-order chi connectivity index (χ0) is 78.2. The average molecular weight is 1520 g/mol. The van der Waals surface area contributed by atoms with E-state index in [4.69, 9.17) is 25.0 Å². The second-order valence-electron chi connectivity index (χ2n) is 25.4. The minimum Gasteiger partial charge on any atom is -0.423 e. The van der Waals surface area contributed by atoms with Crippen molar-refractivity contribution in [3.63, 3.8) is 0 Å². The van der Waals surface area contributed by atoms with E-state index in [1.807, 2.05) is 176 Å². The highest BCUT2D eigenvalue weighted by Crippen LogP contribution is 2.55. The summed E-state index contributed by atoms with van der Waals surface area (Å²) in [4.78, 5) is 37.2. The van der Waals surface area contributed by atoms with E-state index in [9.17, 15) is 47.9 Å². The predicted octanol–water partition coefficient (Wildman–Crippen LogP) is 20.7. The molecule has 0 unspecified atom stereocenters. The van der Waals surface area contributed by atoms with Crippen LogP contribution in [0.25, 0.3) is 146 Å². The molecule has 2 N–H and O–H groups in total. The monoisotopic (exact) mass is 1520 g/mol. The summed E-state index contributed by atoms with van der Waals surface area (Å²) < 4.78 is 148. The van der Waals surface area contributed by atoms with Gasteiger partial charge in [0.1, 0.15) is 5.75 Å². The minimum absolute atomic E-state index is 0.123. The first-order chi connectivity index (χ1) is 53.9. The van der Waals surface area contributed by atoms with Crippen LogP contribution in [0.3, 0.4) is 0 Å². The molecule has 0 fully saturated rings. The molecular weight excluding hydrogens is 1460 g/mol. The molecule has 552 valence electrons. The minimum atomic E-state index is -7.42. The molecule has 0 saturated carbocycles. The van der Waals surface area contributed by atoms with Gasteiger partial charge in [0.15, 0.2) is 34.9 Å². The number of halogens is 9. The average Bonchev–Trinajstić information content (AvgIpc) is 0.718. The molecule has 0 spiro atoms. The van der Waals surface area contributed by atoms with Gasteiger partial charge in [0.05, 0.1) is 11.4 Å². The van der Waals surface area contributed by atoms with Gasteiger partial charge in [0.2, 0.25) is 0 Å². The fourth-order valence-corrected chi connectivity index (χ4v) is 12.9. The summed E-state index contributed by atoms with van der Waals surface area (Å²) in [5, 5.41) is 13.8. The van der Waals surface area contributed by atoms with Crippen molar-refractivity contribution < 1.29 is 62.2 Å². The molecule has 16 aromatic rings. The predicted molar refractivity (Wildman–Crippen MR) is 417 cm³/mol. The van der Waals surface area contributed by atoms with Crippen molar-refractivity contribution in [2.24, 2.45) is 0 Å². The van der Waals surface area contributed by atoms with Crippen LogP contribution in [-0.4, -0.2) is 88.7 Å². The highest BCUT2D eigenvalue weighted by molar-refractivity contribution is 7.88. The summed E-state index contributed by atoms with van der Waals surface area (Å²) in [6, 6.07) is 102. The first-order valence-electron chi connectivity index (χ1n) is 34.5. The number of nitrogens with zero attached hydrogens (tertiary/aromatic N) is 8. The van der Waals surface area contributed by atoms with Crippen LogP contribution in [0.15, 0.2) is 340 Å². The second kappa shape index (κ2) is 32.0. The lowest BCUT2D eigenvalue weighted by Gasteiger charge is -2.32. The molecule has 4 heterocycles. The molecule has 0 saturated heterocycles. The van der Waals surface area contributed by atoms with Crippen LogP contribution in [0.1, 0.15) is 0 Å². The molecule has 112 heavy (non-hydrogen) atoms. The Morgan fingerprint density at radius 1 is 0.277 bits per heavy atom. The third kappa shape index (κ3) is 16.5. The van der Waals surface area contributed by atoms with Crippen LogP contribution in [0.5, 0.6) is 5.75 Å². The summed E-state index contributed by atoms with van der Waals surface area (Å²) in [6.45, 7) is 0. The van der Waals surface area contributed by atoms with Gasteiger partial charge >= 0.3 is 40.5 Å². The molecule has 24 heteroatoms. The van der Waals surface area contributed by atoms with Crippen LogP contribution < -0.4 is 9.65 Å². The van der Waals surface area contributed by atoms with E-state index in [0.717, 1.165) is 79.7 Å². The maximum atomic E-state index is 14.2. The fourth-order valence-electron chi connectivity index (χ4n) is 12.0. The Morgan fingerprint density at radius 3 is 0.866 bits per heavy atom. The third-order valence-electron chi connectivity index (χ3n) is 18.0.